The molecule has 0 fully saturated rings. The van der Waals surface area contributed by atoms with Gasteiger partial charge >= 0.3 is 0 Å². The summed E-state index contributed by atoms with van der Waals surface area (Å²) in [6, 6.07) is 10.3. The molecule has 3 rings (SSSR count). The lowest BCUT2D eigenvalue weighted by molar-refractivity contribution is 0.449. The van der Waals surface area contributed by atoms with E-state index in [1.165, 1.54) is 4.88 Å². The van der Waals surface area contributed by atoms with Gasteiger partial charge in [0.15, 0.2) is 4.77 Å². The van der Waals surface area contributed by atoms with Crippen LogP contribution < -0.4 is 0 Å². The number of thiophene rings is 1. The lowest BCUT2D eigenvalue weighted by atomic mass is 10.0. The molecular weight excluding hydrogens is 308 g/mol. The van der Waals surface area contributed by atoms with Crippen molar-refractivity contribution < 1.29 is 0 Å². The molecule has 2 aromatic heterocycles. The lowest BCUT2D eigenvalue weighted by Gasteiger charge is -2.22. The van der Waals surface area contributed by atoms with Gasteiger partial charge in [0.2, 0.25) is 0 Å². The molecule has 0 saturated heterocycles. The first kappa shape index (κ1) is 13.9. The highest BCUT2D eigenvalue weighted by Gasteiger charge is 2.23. The zero-order valence-electron chi connectivity index (χ0n) is 11.3. The minimum atomic E-state index is 0.205. The Balaban J connectivity index is 2.32. The van der Waals surface area contributed by atoms with Crippen LogP contribution in [0.15, 0.2) is 35.7 Å². The predicted octanol–water partition coefficient (Wildman–Crippen LogP) is 5.66. The molecule has 20 heavy (non-hydrogen) atoms. The van der Waals surface area contributed by atoms with Crippen molar-refractivity contribution in [2.45, 2.75) is 19.9 Å². The summed E-state index contributed by atoms with van der Waals surface area (Å²) < 4.78 is 2.88. The van der Waals surface area contributed by atoms with Crippen LogP contribution in [0.25, 0.3) is 11.0 Å². The molecule has 0 amide bonds. The number of hydrogen-bond acceptors (Lipinski definition) is 2. The van der Waals surface area contributed by atoms with Crippen molar-refractivity contribution in [2.24, 2.45) is 5.92 Å². The maximum absolute atomic E-state index is 6.40. The largest absolute Gasteiger partial charge is 0.331 e. The van der Waals surface area contributed by atoms with Crippen molar-refractivity contribution in [3.05, 3.63) is 50.4 Å². The van der Waals surface area contributed by atoms with Gasteiger partial charge in [-0.05, 0) is 41.7 Å². The molecule has 2 nitrogen and oxygen atoms in total. The Kier molecular flexibility index (Phi) is 3.71. The number of imidazole rings is 1. The molecule has 0 bridgehead atoms. The van der Waals surface area contributed by atoms with Gasteiger partial charge < -0.3 is 9.55 Å². The number of para-hydroxylation sites is 1. The second-order valence-corrected chi connectivity index (χ2v) is 6.91. The molecular formula is C15H15ClN2S2. The third-order valence-corrected chi connectivity index (χ3v) is 4.98. The van der Waals surface area contributed by atoms with E-state index < -0.39 is 0 Å². The second-order valence-electron chi connectivity index (χ2n) is 5.14. The second kappa shape index (κ2) is 5.35. The van der Waals surface area contributed by atoms with Crippen molar-refractivity contribution in [1.82, 2.24) is 9.55 Å². The van der Waals surface area contributed by atoms with Gasteiger partial charge in [0, 0.05) is 4.88 Å². The van der Waals surface area contributed by atoms with E-state index in [0.29, 0.717) is 5.92 Å². The number of nitrogens with zero attached hydrogens (tertiary/aromatic N) is 1. The topological polar surface area (TPSA) is 20.7 Å². The molecule has 0 spiro atoms. The van der Waals surface area contributed by atoms with E-state index in [1.807, 2.05) is 18.2 Å². The number of aromatic nitrogens is 2. The fraction of sp³-hybridized carbons (Fsp3) is 0.267. The molecule has 2 heterocycles. The molecule has 1 unspecified atom stereocenters. The zero-order chi connectivity index (χ0) is 14.3. The van der Waals surface area contributed by atoms with Crippen molar-refractivity contribution in [3.8, 4) is 0 Å². The smallest absolute Gasteiger partial charge is 0.178 e. The minimum Gasteiger partial charge on any atom is -0.331 e. The van der Waals surface area contributed by atoms with Crippen LogP contribution in [0, 0.1) is 10.7 Å². The van der Waals surface area contributed by atoms with Gasteiger partial charge in [0.25, 0.3) is 0 Å². The summed E-state index contributed by atoms with van der Waals surface area (Å²) in [6.07, 6.45) is 0. The summed E-state index contributed by atoms with van der Waals surface area (Å²) in [5.41, 5.74) is 1.98. The summed E-state index contributed by atoms with van der Waals surface area (Å²) >= 11 is 13.7. The molecule has 0 aliphatic heterocycles. The summed E-state index contributed by atoms with van der Waals surface area (Å²) in [5.74, 6) is 0.427. The van der Waals surface area contributed by atoms with Crippen molar-refractivity contribution >= 4 is 46.2 Å². The van der Waals surface area contributed by atoms with Gasteiger partial charge in [-0.1, -0.05) is 37.6 Å². The highest BCUT2D eigenvalue weighted by Crippen LogP contribution is 2.35. The third-order valence-electron chi connectivity index (χ3n) is 3.43. The summed E-state index contributed by atoms with van der Waals surface area (Å²) in [7, 11) is 0. The molecule has 3 aromatic rings. The van der Waals surface area contributed by atoms with Gasteiger partial charge in [-0.3, -0.25) is 0 Å². The fourth-order valence-electron chi connectivity index (χ4n) is 2.62. The Hall–Kier alpha value is -1.10. The highest BCUT2D eigenvalue weighted by molar-refractivity contribution is 7.71. The molecule has 1 N–H and O–H groups in total. The summed E-state index contributed by atoms with van der Waals surface area (Å²) in [5, 5.41) is 2.84. The van der Waals surface area contributed by atoms with E-state index in [9.17, 15) is 0 Å². The van der Waals surface area contributed by atoms with E-state index >= 15 is 0 Å². The standard InChI is InChI=1S/C15H15ClN2S2/c1-9(2)13(12-7-4-8-20-12)18-14-10(16)5-3-6-11(14)17-15(18)19/h3-9,13H,1-2H3,(H,17,19). The van der Waals surface area contributed by atoms with Crippen LogP contribution in [0.2, 0.25) is 5.02 Å². The number of aromatic amines is 1. The van der Waals surface area contributed by atoms with E-state index in [4.69, 9.17) is 23.8 Å². The monoisotopic (exact) mass is 322 g/mol. The summed E-state index contributed by atoms with van der Waals surface area (Å²) in [4.78, 5) is 4.57. The van der Waals surface area contributed by atoms with Gasteiger partial charge in [0.1, 0.15) is 0 Å². The fourth-order valence-corrected chi connectivity index (χ4v) is 4.19. The van der Waals surface area contributed by atoms with E-state index in [2.05, 4.69) is 40.9 Å². The van der Waals surface area contributed by atoms with E-state index in [0.717, 1.165) is 20.8 Å². The first-order chi connectivity index (χ1) is 9.59. The van der Waals surface area contributed by atoms with Crippen molar-refractivity contribution in [1.29, 1.82) is 0 Å². The first-order valence-electron chi connectivity index (χ1n) is 6.51. The molecule has 0 aliphatic carbocycles. The maximum atomic E-state index is 6.40. The molecule has 5 heteroatoms. The quantitative estimate of drug-likeness (QED) is 0.617. The number of H-pyrrole nitrogens is 1. The van der Waals surface area contributed by atoms with Crippen LogP contribution >= 0.6 is 35.2 Å². The number of benzene rings is 1. The Morgan fingerprint density at radius 1 is 1.25 bits per heavy atom. The number of hydrogen-bond donors (Lipinski definition) is 1. The van der Waals surface area contributed by atoms with Crippen LogP contribution in [-0.4, -0.2) is 9.55 Å². The molecule has 0 radical (unpaired) electrons. The molecule has 0 aliphatic rings. The van der Waals surface area contributed by atoms with E-state index in [-0.39, 0.29) is 6.04 Å². The Labute approximate surface area is 132 Å². The number of rotatable bonds is 3. The average Bonchev–Trinajstić information content (AvgIpc) is 2.99. The van der Waals surface area contributed by atoms with Gasteiger partial charge in [-0.25, -0.2) is 0 Å². The van der Waals surface area contributed by atoms with Gasteiger partial charge in [-0.2, -0.15) is 0 Å². The third kappa shape index (κ3) is 2.22. The van der Waals surface area contributed by atoms with Crippen LogP contribution in [0.1, 0.15) is 24.8 Å². The Bertz CT molecular complexity index is 784. The lowest BCUT2D eigenvalue weighted by Crippen LogP contribution is -2.15. The maximum Gasteiger partial charge on any atom is 0.178 e. The number of nitrogens with one attached hydrogen (secondary N) is 1. The SMILES string of the molecule is CC(C)C(c1cccs1)n1c(=S)[nH]c2cccc(Cl)c21. The van der Waals surface area contributed by atoms with Crippen LogP contribution in [0.5, 0.6) is 0 Å². The normalized spacial score (nSPS) is 13.2. The molecule has 0 saturated carbocycles. The average molecular weight is 323 g/mol. The summed E-state index contributed by atoms with van der Waals surface area (Å²) in [6.45, 7) is 4.42. The van der Waals surface area contributed by atoms with Crippen molar-refractivity contribution in [3.63, 3.8) is 0 Å². The number of halogens is 1. The molecule has 104 valence electrons. The van der Waals surface area contributed by atoms with Crippen LogP contribution in [-0.2, 0) is 0 Å². The molecule has 1 aromatic carbocycles. The van der Waals surface area contributed by atoms with Gasteiger partial charge in [-0.15, -0.1) is 11.3 Å². The van der Waals surface area contributed by atoms with Crippen molar-refractivity contribution in [2.75, 3.05) is 0 Å². The minimum absolute atomic E-state index is 0.205. The highest BCUT2D eigenvalue weighted by atomic mass is 35.5. The predicted molar refractivity (Wildman–Crippen MR) is 89.4 cm³/mol. The van der Waals surface area contributed by atoms with Crippen LogP contribution in [0.3, 0.4) is 0 Å². The number of fused-ring (bicyclic) bond motifs is 1. The van der Waals surface area contributed by atoms with Gasteiger partial charge in [0.05, 0.1) is 22.1 Å². The Morgan fingerprint density at radius 3 is 2.70 bits per heavy atom. The first-order valence-corrected chi connectivity index (χ1v) is 8.18. The zero-order valence-corrected chi connectivity index (χ0v) is 13.6. The van der Waals surface area contributed by atoms with Crippen LogP contribution in [0.4, 0.5) is 0 Å². The van der Waals surface area contributed by atoms with E-state index in [1.54, 1.807) is 11.3 Å². The molecule has 1 atom stereocenters. The Morgan fingerprint density at radius 2 is 2.05 bits per heavy atom.